The molecule has 19 heavy (non-hydrogen) atoms. The Kier molecular flexibility index (Phi) is 4.83. The summed E-state index contributed by atoms with van der Waals surface area (Å²) >= 11 is 0. The smallest absolute Gasteiger partial charge is 0.328 e. The first kappa shape index (κ1) is 14.9. The van der Waals surface area contributed by atoms with Gasteiger partial charge in [0.05, 0.1) is 5.54 Å². The molecule has 1 aromatic carbocycles. The predicted octanol–water partition coefficient (Wildman–Crippen LogP) is 1.72. The molecule has 5 nitrogen and oxygen atoms in total. The zero-order chi connectivity index (χ0) is 14.5. The van der Waals surface area contributed by atoms with Crippen molar-refractivity contribution in [3.8, 4) is 0 Å². The summed E-state index contributed by atoms with van der Waals surface area (Å²) in [5.41, 5.74) is 0.774. The van der Waals surface area contributed by atoms with Gasteiger partial charge in [-0.05, 0) is 44.7 Å². The summed E-state index contributed by atoms with van der Waals surface area (Å²) < 4.78 is 0. The number of carbonyl (C=O) groups excluding carboxylic acids is 1. The summed E-state index contributed by atoms with van der Waals surface area (Å²) in [6.45, 7) is 3.57. The number of aliphatic carboxylic acids is 1. The average molecular weight is 262 g/mol. The van der Waals surface area contributed by atoms with Crippen LogP contribution >= 0.6 is 0 Å². The Hall–Kier alpha value is -2.14. The number of rotatable bonds is 5. The number of hydrogen-bond acceptors (Lipinski definition) is 3. The third-order valence-corrected chi connectivity index (χ3v) is 2.78. The topological polar surface area (TPSA) is 78.4 Å². The third kappa shape index (κ3) is 4.56. The molecule has 0 heterocycles. The molecular weight excluding hydrogens is 244 g/mol. The van der Waals surface area contributed by atoms with Crippen LogP contribution < -0.4 is 10.6 Å². The molecule has 0 spiro atoms. The van der Waals surface area contributed by atoms with Crippen molar-refractivity contribution in [2.45, 2.75) is 19.4 Å². The van der Waals surface area contributed by atoms with Crippen LogP contribution in [0.3, 0.4) is 0 Å². The van der Waals surface area contributed by atoms with E-state index in [0.29, 0.717) is 5.69 Å². The molecule has 1 amide bonds. The molecule has 0 atom stereocenters. The summed E-state index contributed by atoms with van der Waals surface area (Å²) in [5.74, 6) is -1.13. The van der Waals surface area contributed by atoms with E-state index in [1.165, 1.54) is 6.08 Å². The van der Waals surface area contributed by atoms with E-state index in [-0.39, 0.29) is 5.91 Å². The summed E-state index contributed by atoms with van der Waals surface area (Å²) in [6.07, 6.45) is 2.56. The number of likely N-dealkylation sites (N-methyl/N-ethyl adjacent to an activating group) is 1. The molecule has 0 aliphatic rings. The predicted molar refractivity (Wildman–Crippen MR) is 74.9 cm³/mol. The molecule has 0 radical (unpaired) electrons. The molecule has 5 heteroatoms. The van der Waals surface area contributed by atoms with Gasteiger partial charge in [-0.3, -0.25) is 4.79 Å². The van der Waals surface area contributed by atoms with Gasteiger partial charge < -0.3 is 15.7 Å². The third-order valence-electron chi connectivity index (χ3n) is 2.78. The quantitative estimate of drug-likeness (QED) is 0.706. The fourth-order valence-electron chi connectivity index (χ4n) is 1.25. The molecule has 102 valence electrons. The molecule has 1 aromatic rings. The Bertz CT molecular complexity index is 490. The lowest BCUT2D eigenvalue weighted by molar-refractivity contribution is -0.131. The van der Waals surface area contributed by atoms with Gasteiger partial charge in [-0.15, -0.1) is 0 Å². The van der Waals surface area contributed by atoms with Crippen LogP contribution in [-0.2, 0) is 9.59 Å². The van der Waals surface area contributed by atoms with Crippen LogP contribution in [0.4, 0.5) is 5.69 Å². The Morgan fingerprint density at radius 2 is 1.79 bits per heavy atom. The highest BCUT2D eigenvalue weighted by Crippen LogP contribution is 2.13. The van der Waals surface area contributed by atoms with Gasteiger partial charge >= 0.3 is 5.97 Å². The summed E-state index contributed by atoms with van der Waals surface area (Å²) in [7, 11) is 1.72. The van der Waals surface area contributed by atoms with Gasteiger partial charge in [0.25, 0.3) is 0 Å². The van der Waals surface area contributed by atoms with Crippen LogP contribution in [0.15, 0.2) is 30.3 Å². The lowest BCUT2D eigenvalue weighted by atomic mass is 10.0. The minimum absolute atomic E-state index is 0.135. The van der Waals surface area contributed by atoms with E-state index in [9.17, 15) is 9.59 Å². The average Bonchev–Trinajstić information content (AvgIpc) is 2.37. The second kappa shape index (κ2) is 6.15. The maximum atomic E-state index is 11.9. The van der Waals surface area contributed by atoms with Crippen molar-refractivity contribution in [3.05, 3.63) is 35.9 Å². The highest BCUT2D eigenvalue weighted by Gasteiger charge is 2.24. The first-order chi connectivity index (χ1) is 8.85. The second-order valence-corrected chi connectivity index (χ2v) is 4.62. The van der Waals surface area contributed by atoms with Crippen molar-refractivity contribution in [1.29, 1.82) is 0 Å². The summed E-state index contributed by atoms with van der Waals surface area (Å²) in [4.78, 5) is 22.3. The maximum Gasteiger partial charge on any atom is 0.328 e. The lowest BCUT2D eigenvalue weighted by Gasteiger charge is -2.22. The number of hydrogen-bond donors (Lipinski definition) is 3. The van der Waals surface area contributed by atoms with E-state index in [0.717, 1.165) is 11.6 Å². The van der Waals surface area contributed by atoms with Crippen LogP contribution in [-0.4, -0.2) is 29.6 Å². The zero-order valence-electron chi connectivity index (χ0n) is 11.2. The van der Waals surface area contributed by atoms with Crippen molar-refractivity contribution in [2.75, 3.05) is 12.4 Å². The highest BCUT2D eigenvalue weighted by atomic mass is 16.4. The molecule has 1 rings (SSSR count). The number of anilines is 1. The van der Waals surface area contributed by atoms with E-state index in [1.807, 2.05) is 0 Å². The zero-order valence-corrected chi connectivity index (χ0v) is 11.2. The molecule has 0 unspecified atom stereocenters. The van der Waals surface area contributed by atoms with E-state index in [1.54, 1.807) is 45.2 Å². The minimum Gasteiger partial charge on any atom is -0.478 e. The summed E-state index contributed by atoms with van der Waals surface area (Å²) in [6, 6.07) is 6.93. The summed E-state index contributed by atoms with van der Waals surface area (Å²) in [5, 5.41) is 14.2. The van der Waals surface area contributed by atoms with E-state index in [2.05, 4.69) is 10.6 Å². The van der Waals surface area contributed by atoms with E-state index in [4.69, 9.17) is 5.11 Å². The van der Waals surface area contributed by atoms with Crippen LogP contribution in [0.2, 0.25) is 0 Å². The first-order valence-corrected chi connectivity index (χ1v) is 5.86. The normalized spacial score (nSPS) is 11.5. The Balaban J connectivity index is 2.72. The number of amides is 1. The molecule has 0 aliphatic carbocycles. The van der Waals surface area contributed by atoms with Crippen molar-refractivity contribution in [3.63, 3.8) is 0 Å². The molecule has 0 saturated heterocycles. The van der Waals surface area contributed by atoms with Crippen LogP contribution in [0, 0.1) is 0 Å². The van der Waals surface area contributed by atoms with Gasteiger partial charge in [-0.25, -0.2) is 4.79 Å². The van der Waals surface area contributed by atoms with E-state index < -0.39 is 11.5 Å². The molecule has 0 bridgehead atoms. The van der Waals surface area contributed by atoms with Gasteiger partial charge in [0.2, 0.25) is 5.91 Å². The van der Waals surface area contributed by atoms with Crippen LogP contribution in [0.5, 0.6) is 0 Å². The molecule has 0 aromatic heterocycles. The molecule has 3 N–H and O–H groups in total. The van der Waals surface area contributed by atoms with Gasteiger partial charge in [0.15, 0.2) is 0 Å². The maximum absolute atomic E-state index is 11.9. The number of benzene rings is 1. The SMILES string of the molecule is CNC(C)(C)C(=O)Nc1ccc(/C=C/C(=O)O)cc1. The first-order valence-electron chi connectivity index (χ1n) is 5.86. The number of carboxylic acid groups (broad SMARTS) is 1. The van der Waals surface area contributed by atoms with Gasteiger partial charge in [-0.1, -0.05) is 12.1 Å². The molecule has 0 aliphatic heterocycles. The van der Waals surface area contributed by atoms with Crippen LogP contribution in [0.1, 0.15) is 19.4 Å². The standard InChI is InChI=1S/C14H18N2O3/c1-14(2,15-3)13(19)16-11-7-4-10(5-8-11)6-9-12(17)18/h4-9,15H,1-3H3,(H,16,19)(H,17,18)/b9-6+. The number of carboxylic acids is 1. The minimum atomic E-state index is -0.992. The second-order valence-electron chi connectivity index (χ2n) is 4.62. The van der Waals surface area contributed by atoms with Crippen molar-refractivity contribution < 1.29 is 14.7 Å². The monoisotopic (exact) mass is 262 g/mol. The number of carbonyl (C=O) groups is 2. The molecule has 0 fully saturated rings. The fraction of sp³-hybridized carbons (Fsp3) is 0.286. The van der Waals surface area contributed by atoms with Crippen LogP contribution in [0.25, 0.3) is 6.08 Å². The van der Waals surface area contributed by atoms with Gasteiger partial charge in [-0.2, -0.15) is 0 Å². The lowest BCUT2D eigenvalue weighted by Crippen LogP contribution is -2.47. The Labute approximate surface area is 112 Å². The van der Waals surface area contributed by atoms with Crippen molar-refractivity contribution in [1.82, 2.24) is 5.32 Å². The number of nitrogens with one attached hydrogen (secondary N) is 2. The highest BCUT2D eigenvalue weighted by molar-refractivity contribution is 5.97. The molecule has 0 saturated carbocycles. The fourth-order valence-corrected chi connectivity index (χ4v) is 1.25. The van der Waals surface area contributed by atoms with Gasteiger partial charge in [0.1, 0.15) is 0 Å². The van der Waals surface area contributed by atoms with Gasteiger partial charge in [0, 0.05) is 11.8 Å². The van der Waals surface area contributed by atoms with E-state index >= 15 is 0 Å². The van der Waals surface area contributed by atoms with Crippen molar-refractivity contribution in [2.24, 2.45) is 0 Å². The Morgan fingerprint density at radius 3 is 2.26 bits per heavy atom. The van der Waals surface area contributed by atoms with Crippen molar-refractivity contribution >= 4 is 23.6 Å². The largest absolute Gasteiger partial charge is 0.478 e. The molecular formula is C14H18N2O3. The Morgan fingerprint density at radius 1 is 1.21 bits per heavy atom.